The molecule has 1 aromatic rings. The summed E-state index contributed by atoms with van der Waals surface area (Å²) >= 11 is 0. The van der Waals surface area contributed by atoms with Crippen molar-refractivity contribution in [2.75, 3.05) is 6.61 Å². The van der Waals surface area contributed by atoms with Gasteiger partial charge in [0.15, 0.2) is 5.60 Å². The molecule has 0 saturated carbocycles. The maximum absolute atomic E-state index is 12.6. The molecule has 148 valence electrons. The van der Waals surface area contributed by atoms with Crippen molar-refractivity contribution < 1.29 is 14.6 Å². The summed E-state index contributed by atoms with van der Waals surface area (Å²) in [5.41, 5.74) is -0.881. The van der Waals surface area contributed by atoms with Gasteiger partial charge in [-0.1, -0.05) is 102 Å². The van der Waals surface area contributed by atoms with Gasteiger partial charge in [-0.3, -0.25) is 0 Å². The average Bonchev–Trinajstić information content (AvgIpc) is 2.67. The van der Waals surface area contributed by atoms with Crippen molar-refractivity contribution in [3.63, 3.8) is 0 Å². The summed E-state index contributed by atoms with van der Waals surface area (Å²) < 4.78 is 5.45. The van der Waals surface area contributed by atoms with Crippen molar-refractivity contribution in [3.05, 3.63) is 35.9 Å². The van der Waals surface area contributed by atoms with E-state index in [0.29, 0.717) is 18.6 Å². The standard InChI is InChI=1S/C23H38O3/c1-3-5-7-8-9-10-11-16-20-26-22(24)23(25,19-15-6-4-2)21-17-13-12-14-18-21/h12-14,17-18,25H,3-11,15-16,19-20H2,1-2H3. The molecule has 1 atom stereocenters. The minimum Gasteiger partial charge on any atom is -0.463 e. The number of hydrogen-bond acceptors (Lipinski definition) is 3. The molecule has 0 spiro atoms. The molecule has 3 nitrogen and oxygen atoms in total. The van der Waals surface area contributed by atoms with Crippen LogP contribution in [0.5, 0.6) is 0 Å². The molecule has 1 unspecified atom stereocenters. The van der Waals surface area contributed by atoms with Crippen LogP contribution in [0.3, 0.4) is 0 Å². The van der Waals surface area contributed by atoms with Gasteiger partial charge in [-0.15, -0.1) is 0 Å². The minimum atomic E-state index is -1.52. The largest absolute Gasteiger partial charge is 0.463 e. The molecule has 0 heterocycles. The normalized spacial score (nSPS) is 13.3. The zero-order chi connectivity index (χ0) is 19.1. The smallest absolute Gasteiger partial charge is 0.342 e. The van der Waals surface area contributed by atoms with E-state index in [4.69, 9.17) is 4.74 Å². The molecular weight excluding hydrogens is 324 g/mol. The van der Waals surface area contributed by atoms with Crippen molar-refractivity contribution in [2.45, 2.75) is 96.5 Å². The van der Waals surface area contributed by atoms with Crippen LogP contribution in [-0.2, 0) is 15.1 Å². The van der Waals surface area contributed by atoms with Crippen molar-refractivity contribution in [1.82, 2.24) is 0 Å². The Balaban J connectivity index is 2.39. The van der Waals surface area contributed by atoms with Gasteiger partial charge in [0.1, 0.15) is 0 Å². The first-order chi connectivity index (χ1) is 12.6. The predicted octanol–water partition coefficient (Wildman–Crippen LogP) is 6.14. The molecule has 0 aliphatic rings. The third kappa shape index (κ3) is 8.35. The highest BCUT2D eigenvalue weighted by atomic mass is 16.5. The Morgan fingerprint density at radius 1 is 0.846 bits per heavy atom. The van der Waals surface area contributed by atoms with Crippen LogP contribution < -0.4 is 0 Å². The van der Waals surface area contributed by atoms with E-state index >= 15 is 0 Å². The summed E-state index contributed by atoms with van der Waals surface area (Å²) in [7, 11) is 0. The molecule has 0 radical (unpaired) electrons. The molecule has 3 heteroatoms. The van der Waals surface area contributed by atoms with Gasteiger partial charge in [-0.05, 0) is 24.8 Å². The maximum atomic E-state index is 12.6. The van der Waals surface area contributed by atoms with Gasteiger partial charge in [0, 0.05) is 0 Å². The molecule has 0 amide bonds. The van der Waals surface area contributed by atoms with Crippen LogP contribution in [-0.4, -0.2) is 17.7 Å². The first kappa shape index (κ1) is 22.7. The van der Waals surface area contributed by atoms with Gasteiger partial charge in [-0.2, -0.15) is 0 Å². The van der Waals surface area contributed by atoms with Gasteiger partial charge in [-0.25, -0.2) is 4.79 Å². The molecule has 0 aliphatic carbocycles. The van der Waals surface area contributed by atoms with E-state index in [1.165, 1.54) is 38.5 Å². The summed E-state index contributed by atoms with van der Waals surface area (Å²) in [6.07, 6.45) is 12.9. The number of benzene rings is 1. The Morgan fingerprint density at radius 2 is 1.38 bits per heavy atom. The molecule has 0 fully saturated rings. The highest BCUT2D eigenvalue weighted by molar-refractivity contribution is 5.81. The first-order valence-electron chi connectivity index (χ1n) is 10.6. The van der Waals surface area contributed by atoms with E-state index in [2.05, 4.69) is 13.8 Å². The predicted molar refractivity (Wildman–Crippen MR) is 108 cm³/mol. The minimum absolute atomic E-state index is 0.400. The number of carbonyl (C=O) groups is 1. The van der Waals surface area contributed by atoms with Gasteiger partial charge < -0.3 is 9.84 Å². The molecule has 1 N–H and O–H groups in total. The number of ether oxygens (including phenoxy) is 1. The van der Waals surface area contributed by atoms with E-state index < -0.39 is 11.6 Å². The number of rotatable bonds is 15. The van der Waals surface area contributed by atoms with Crippen LogP contribution in [0.4, 0.5) is 0 Å². The summed E-state index contributed by atoms with van der Waals surface area (Å²) in [5.74, 6) is -0.497. The van der Waals surface area contributed by atoms with Gasteiger partial charge in [0.05, 0.1) is 6.61 Å². The Labute approximate surface area is 160 Å². The third-order valence-electron chi connectivity index (χ3n) is 4.96. The highest BCUT2D eigenvalue weighted by Gasteiger charge is 2.38. The molecule has 0 aromatic heterocycles. The number of hydrogen-bond donors (Lipinski definition) is 1. The Kier molecular flexibility index (Phi) is 12.0. The second kappa shape index (κ2) is 13.8. The average molecular weight is 363 g/mol. The van der Waals surface area contributed by atoms with Crippen molar-refractivity contribution in [3.8, 4) is 0 Å². The van der Waals surface area contributed by atoms with Crippen molar-refractivity contribution in [1.29, 1.82) is 0 Å². The Bertz CT molecular complexity index is 472. The molecule has 0 saturated heterocycles. The van der Waals surface area contributed by atoms with E-state index in [1.807, 2.05) is 30.3 Å². The van der Waals surface area contributed by atoms with Crippen molar-refractivity contribution in [2.24, 2.45) is 0 Å². The zero-order valence-corrected chi connectivity index (χ0v) is 16.8. The van der Waals surface area contributed by atoms with Crippen LogP contribution in [0.1, 0.15) is 96.5 Å². The van der Waals surface area contributed by atoms with E-state index in [9.17, 15) is 9.90 Å². The number of unbranched alkanes of at least 4 members (excludes halogenated alkanes) is 9. The molecule has 1 aromatic carbocycles. The van der Waals surface area contributed by atoms with Crippen LogP contribution in [0.15, 0.2) is 30.3 Å². The monoisotopic (exact) mass is 362 g/mol. The summed E-state index contributed by atoms with van der Waals surface area (Å²) in [6, 6.07) is 9.21. The third-order valence-corrected chi connectivity index (χ3v) is 4.96. The number of esters is 1. The van der Waals surface area contributed by atoms with Crippen LogP contribution in [0.2, 0.25) is 0 Å². The fraction of sp³-hybridized carbons (Fsp3) is 0.696. The molecule has 26 heavy (non-hydrogen) atoms. The SMILES string of the molecule is CCCCCCCCCCOC(=O)C(O)(CCCCC)c1ccccc1. The van der Waals surface area contributed by atoms with E-state index in [1.54, 1.807) is 0 Å². The quantitative estimate of drug-likeness (QED) is 0.301. The number of carbonyl (C=O) groups excluding carboxylic acids is 1. The molecule has 0 bridgehead atoms. The zero-order valence-electron chi connectivity index (χ0n) is 16.8. The van der Waals surface area contributed by atoms with Gasteiger partial charge in [0.25, 0.3) is 0 Å². The van der Waals surface area contributed by atoms with Crippen LogP contribution in [0, 0.1) is 0 Å². The van der Waals surface area contributed by atoms with Gasteiger partial charge in [0.2, 0.25) is 0 Å². The van der Waals surface area contributed by atoms with Crippen molar-refractivity contribution >= 4 is 5.97 Å². The molecule has 1 rings (SSSR count). The fourth-order valence-electron chi connectivity index (χ4n) is 3.23. The lowest BCUT2D eigenvalue weighted by Gasteiger charge is -2.26. The van der Waals surface area contributed by atoms with Gasteiger partial charge >= 0.3 is 5.97 Å². The fourth-order valence-corrected chi connectivity index (χ4v) is 3.23. The van der Waals surface area contributed by atoms with Crippen LogP contribution in [0.25, 0.3) is 0 Å². The van der Waals surface area contributed by atoms with E-state index in [-0.39, 0.29) is 0 Å². The lowest BCUT2D eigenvalue weighted by molar-refractivity contribution is -0.168. The Morgan fingerprint density at radius 3 is 2.00 bits per heavy atom. The summed E-state index contributed by atoms with van der Waals surface area (Å²) in [5, 5.41) is 11.0. The Hall–Kier alpha value is -1.35. The van der Waals surface area contributed by atoms with E-state index in [0.717, 1.165) is 32.1 Å². The lowest BCUT2D eigenvalue weighted by atomic mass is 9.88. The summed E-state index contributed by atoms with van der Waals surface area (Å²) in [4.78, 5) is 12.6. The first-order valence-corrected chi connectivity index (χ1v) is 10.6. The second-order valence-electron chi connectivity index (χ2n) is 7.29. The summed E-state index contributed by atoms with van der Waals surface area (Å²) in [6.45, 7) is 4.74. The molecule has 0 aliphatic heterocycles. The lowest BCUT2D eigenvalue weighted by Crippen LogP contribution is -2.37. The highest BCUT2D eigenvalue weighted by Crippen LogP contribution is 2.29. The number of aliphatic hydroxyl groups is 1. The van der Waals surface area contributed by atoms with Crippen LogP contribution >= 0.6 is 0 Å². The molecular formula is C23H38O3. The topological polar surface area (TPSA) is 46.5 Å². The second-order valence-corrected chi connectivity index (χ2v) is 7.29. The maximum Gasteiger partial charge on any atom is 0.342 e.